The van der Waals surface area contributed by atoms with Crippen LogP contribution >= 0.6 is 0 Å². The quantitative estimate of drug-likeness (QED) is 0.740. The summed E-state index contributed by atoms with van der Waals surface area (Å²) in [5.41, 5.74) is 7.43. The van der Waals surface area contributed by atoms with Crippen molar-refractivity contribution >= 4 is 11.6 Å². The second-order valence-electron chi connectivity index (χ2n) is 6.78. The summed E-state index contributed by atoms with van der Waals surface area (Å²) in [6, 6.07) is 0. The molecule has 3 aromatic rings. The first-order chi connectivity index (χ1) is 11.4. The second kappa shape index (κ2) is 5.27. The van der Waals surface area contributed by atoms with E-state index in [9.17, 15) is 5.11 Å². The summed E-state index contributed by atoms with van der Waals surface area (Å²) in [5.74, 6) is 1.48. The highest BCUT2D eigenvalue weighted by atomic mass is 16.3. The van der Waals surface area contributed by atoms with Crippen molar-refractivity contribution in [3.63, 3.8) is 0 Å². The molecule has 0 spiro atoms. The van der Waals surface area contributed by atoms with E-state index in [-0.39, 0.29) is 11.9 Å². The summed E-state index contributed by atoms with van der Waals surface area (Å²) in [4.78, 5) is 13.2. The topological polar surface area (TPSA) is 115 Å². The van der Waals surface area contributed by atoms with Crippen LogP contribution in [0.2, 0.25) is 0 Å². The molecule has 24 heavy (non-hydrogen) atoms. The van der Waals surface area contributed by atoms with Crippen LogP contribution in [0.3, 0.4) is 0 Å². The van der Waals surface area contributed by atoms with Gasteiger partial charge in [0.05, 0.1) is 11.8 Å². The van der Waals surface area contributed by atoms with Crippen LogP contribution in [0, 0.1) is 6.92 Å². The van der Waals surface area contributed by atoms with Gasteiger partial charge in [0, 0.05) is 11.5 Å². The molecule has 4 rings (SSSR count). The number of aromatic nitrogens is 5. The number of fused-ring (bicyclic) bond motifs is 1. The summed E-state index contributed by atoms with van der Waals surface area (Å²) < 4.78 is 6.89. The van der Waals surface area contributed by atoms with Crippen LogP contribution in [-0.4, -0.2) is 35.3 Å². The molecule has 0 radical (unpaired) electrons. The lowest BCUT2D eigenvalue weighted by Crippen LogP contribution is -2.31. The van der Waals surface area contributed by atoms with E-state index in [0.717, 1.165) is 24.8 Å². The first-order valence-corrected chi connectivity index (χ1v) is 8.09. The molecule has 0 aliphatic heterocycles. The molecule has 3 aromatic heterocycles. The van der Waals surface area contributed by atoms with E-state index in [2.05, 4.69) is 20.1 Å². The zero-order valence-electron chi connectivity index (χ0n) is 13.7. The van der Waals surface area contributed by atoms with Crippen molar-refractivity contribution in [2.45, 2.75) is 51.0 Å². The molecule has 126 valence electrons. The SMILES string of the molecule is Cc1c(-c2ncco2)nc(N)n2nc([C@@H]3CCC[C@@](C)(O)C3)nc12. The molecule has 0 saturated heterocycles. The molecule has 3 N–H and O–H groups in total. The van der Waals surface area contributed by atoms with E-state index >= 15 is 0 Å². The Kier molecular flexibility index (Phi) is 3.31. The molecule has 0 aromatic carbocycles. The molecular weight excluding hydrogens is 308 g/mol. The number of nitrogen functional groups attached to an aromatic ring is 1. The minimum absolute atomic E-state index is 0.123. The van der Waals surface area contributed by atoms with Crippen LogP contribution in [0.4, 0.5) is 5.95 Å². The third-order valence-electron chi connectivity index (χ3n) is 4.71. The predicted molar refractivity (Wildman–Crippen MR) is 87.3 cm³/mol. The van der Waals surface area contributed by atoms with Gasteiger partial charge in [0.15, 0.2) is 11.5 Å². The molecular formula is C16H20N6O2. The van der Waals surface area contributed by atoms with E-state index in [1.165, 1.54) is 6.26 Å². The molecule has 1 aliphatic carbocycles. The summed E-state index contributed by atoms with van der Waals surface area (Å²) in [6.45, 7) is 3.77. The molecule has 8 nitrogen and oxygen atoms in total. The molecule has 0 bridgehead atoms. The summed E-state index contributed by atoms with van der Waals surface area (Å²) in [7, 11) is 0. The monoisotopic (exact) mass is 328 g/mol. The number of hydrogen-bond acceptors (Lipinski definition) is 7. The van der Waals surface area contributed by atoms with E-state index in [0.29, 0.717) is 29.5 Å². The smallest absolute Gasteiger partial charge is 0.245 e. The van der Waals surface area contributed by atoms with Crippen LogP contribution in [0.5, 0.6) is 0 Å². The van der Waals surface area contributed by atoms with Crippen LogP contribution < -0.4 is 5.73 Å². The molecule has 8 heteroatoms. The number of nitrogens with two attached hydrogens (primary N) is 1. The van der Waals surface area contributed by atoms with Crippen molar-refractivity contribution in [3.05, 3.63) is 23.8 Å². The maximum atomic E-state index is 10.3. The minimum atomic E-state index is -0.664. The fraction of sp³-hybridized carbons (Fsp3) is 0.500. The lowest BCUT2D eigenvalue weighted by molar-refractivity contribution is 0.0134. The van der Waals surface area contributed by atoms with Gasteiger partial charge in [-0.25, -0.2) is 15.0 Å². The van der Waals surface area contributed by atoms with E-state index < -0.39 is 5.60 Å². The Morgan fingerprint density at radius 1 is 1.42 bits per heavy atom. The average Bonchev–Trinajstić information content (AvgIpc) is 3.19. The number of hydrogen-bond donors (Lipinski definition) is 2. The van der Waals surface area contributed by atoms with Crippen LogP contribution in [-0.2, 0) is 0 Å². The number of rotatable bonds is 2. The molecule has 3 heterocycles. The Hall–Kier alpha value is -2.48. The first-order valence-electron chi connectivity index (χ1n) is 8.09. The first kappa shape index (κ1) is 15.1. The lowest BCUT2D eigenvalue weighted by atomic mass is 9.79. The van der Waals surface area contributed by atoms with Gasteiger partial charge in [-0.1, -0.05) is 0 Å². The fourth-order valence-electron chi connectivity index (χ4n) is 3.49. The normalized spacial score (nSPS) is 24.5. The molecule has 0 amide bonds. The molecule has 1 aliphatic rings. The van der Waals surface area contributed by atoms with E-state index in [4.69, 9.17) is 10.2 Å². The zero-order chi connectivity index (χ0) is 16.9. The third-order valence-corrected chi connectivity index (χ3v) is 4.71. The van der Waals surface area contributed by atoms with Crippen molar-refractivity contribution < 1.29 is 9.52 Å². The van der Waals surface area contributed by atoms with Gasteiger partial charge in [-0.3, -0.25) is 0 Å². The van der Waals surface area contributed by atoms with Gasteiger partial charge in [-0.05, 0) is 39.5 Å². The number of anilines is 1. The molecule has 1 saturated carbocycles. The Morgan fingerprint density at radius 3 is 2.96 bits per heavy atom. The summed E-state index contributed by atoms with van der Waals surface area (Å²) in [5, 5.41) is 14.9. The van der Waals surface area contributed by atoms with Crippen molar-refractivity contribution in [2.75, 3.05) is 5.73 Å². The Morgan fingerprint density at radius 2 is 2.25 bits per heavy atom. The largest absolute Gasteiger partial charge is 0.443 e. The maximum Gasteiger partial charge on any atom is 0.245 e. The second-order valence-corrected chi connectivity index (χ2v) is 6.78. The van der Waals surface area contributed by atoms with Gasteiger partial charge >= 0.3 is 0 Å². The van der Waals surface area contributed by atoms with Crippen LogP contribution in [0.25, 0.3) is 17.2 Å². The zero-order valence-corrected chi connectivity index (χ0v) is 13.7. The van der Waals surface area contributed by atoms with Crippen molar-refractivity contribution in [3.8, 4) is 11.6 Å². The number of oxazole rings is 1. The van der Waals surface area contributed by atoms with Gasteiger partial charge in [0.25, 0.3) is 0 Å². The van der Waals surface area contributed by atoms with Gasteiger partial charge in [0.1, 0.15) is 12.0 Å². The molecule has 2 atom stereocenters. The Labute approximate surface area is 138 Å². The molecule has 0 unspecified atom stereocenters. The highest BCUT2D eigenvalue weighted by molar-refractivity contribution is 5.65. The van der Waals surface area contributed by atoms with Crippen molar-refractivity contribution in [2.24, 2.45) is 0 Å². The highest BCUT2D eigenvalue weighted by Crippen LogP contribution is 2.37. The summed E-state index contributed by atoms with van der Waals surface area (Å²) >= 11 is 0. The van der Waals surface area contributed by atoms with E-state index in [1.54, 1.807) is 10.7 Å². The van der Waals surface area contributed by atoms with Crippen LogP contribution in [0.1, 0.15) is 49.9 Å². The lowest BCUT2D eigenvalue weighted by Gasteiger charge is -2.32. The maximum absolute atomic E-state index is 10.3. The van der Waals surface area contributed by atoms with Crippen molar-refractivity contribution in [1.82, 2.24) is 24.6 Å². The number of aryl methyl sites for hydroxylation is 1. The van der Waals surface area contributed by atoms with Crippen molar-refractivity contribution in [1.29, 1.82) is 0 Å². The standard InChI is InChI=1S/C16H20N6O2/c1-9-11(14-18-6-7-24-14)19-15(17)22-13(9)20-12(21-22)10-4-3-5-16(2,23)8-10/h6-7,10,23H,3-5,8H2,1-2H3,(H2,17,19)/t10-,16-/m1/s1. The fourth-order valence-corrected chi connectivity index (χ4v) is 3.49. The highest BCUT2D eigenvalue weighted by Gasteiger charge is 2.33. The summed E-state index contributed by atoms with van der Waals surface area (Å²) in [6.07, 6.45) is 6.46. The van der Waals surface area contributed by atoms with Gasteiger partial charge in [-0.15, -0.1) is 5.10 Å². The Bertz CT molecular complexity index is 884. The number of aliphatic hydroxyl groups is 1. The van der Waals surface area contributed by atoms with Crippen LogP contribution in [0.15, 0.2) is 16.9 Å². The van der Waals surface area contributed by atoms with Gasteiger partial charge in [0.2, 0.25) is 11.8 Å². The molecule has 1 fully saturated rings. The average molecular weight is 328 g/mol. The Balaban J connectivity index is 1.81. The predicted octanol–water partition coefficient (Wildman–Crippen LogP) is 2.08. The minimum Gasteiger partial charge on any atom is -0.443 e. The van der Waals surface area contributed by atoms with E-state index in [1.807, 2.05) is 13.8 Å². The van der Waals surface area contributed by atoms with Gasteiger partial charge < -0.3 is 15.3 Å². The third kappa shape index (κ3) is 2.43. The van der Waals surface area contributed by atoms with Gasteiger partial charge in [-0.2, -0.15) is 4.52 Å². The number of nitrogens with zero attached hydrogens (tertiary/aromatic N) is 5.